The van der Waals surface area contributed by atoms with Gasteiger partial charge in [-0.2, -0.15) is 8.42 Å². The standard InChI is InChI=1S/C18H27NO5S/c1-25(22,23)24-10-14-5-3-2-4-13(14)9-19-17(20)15-11-6-7-12(8-11)16(15)18(19)21/h11-14,20-21H,2-10H2,1H3. The van der Waals surface area contributed by atoms with Crippen molar-refractivity contribution in [3.05, 3.63) is 11.1 Å². The van der Waals surface area contributed by atoms with Crippen LogP contribution in [0.5, 0.6) is 11.8 Å². The highest BCUT2D eigenvalue weighted by Gasteiger charge is 2.44. The second-order valence-corrected chi connectivity index (χ2v) is 9.73. The van der Waals surface area contributed by atoms with E-state index in [0.717, 1.165) is 62.3 Å². The van der Waals surface area contributed by atoms with Crippen LogP contribution in [-0.2, 0) is 20.8 Å². The van der Waals surface area contributed by atoms with Crippen LogP contribution in [0.15, 0.2) is 0 Å². The average molecular weight is 369 g/mol. The van der Waals surface area contributed by atoms with E-state index in [2.05, 4.69) is 0 Å². The van der Waals surface area contributed by atoms with E-state index >= 15 is 0 Å². The molecule has 0 spiro atoms. The van der Waals surface area contributed by atoms with E-state index in [0.29, 0.717) is 18.4 Å². The van der Waals surface area contributed by atoms with Crippen LogP contribution < -0.4 is 0 Å². The lowest BCUT2D eigenvalue weighted by atomic mass is 9.79. The molecule has 7 heteroatoms. The fraction of sp³-hybridized carbons (Fsp3) is 0.778. The Morgan fingerprint density at radius 3 is 2.12 bits per heavy atom. The van der Waals surface area contributed by atoms with Crippen LogP contribution in [0.1, 0.15) is 67.9 Å². The first kappa shape index (κ1) is 17.2. The van der Waals surface area contributed by atoms with Crippen LogP contribution in [0.3, 0.4) is 0 Å². The Bertz CT molecular complexity index is 735. The van der Waals surface area contributed by atoms with Crippen molar-refractivity contribution >= 4 is 10.1 Å². The molecule has 4 unspecified atom stereocenters. The number of hydrogen-bond donors (Lipinski definition) is 2. The summed E-state index contributed by atoms with van der Waals surface area (Å²) in [6, 6.07) is 0. The van der Waals surface area contributed by atoms with Crippen molar-refractivity contribution in [3.8, 4) is 11.8 Å². The van der Waals surface area contributed by atoms with E-state index in [9.17, 15) is 18.6 Å². The Morgan fingerprint density at radius 2 is 1.56 bits per heavy atom. The molecule has 6 nitrogen and oxygen atoms in total. The maximum absolute atomic E-state index is 11.3. The van der Waals surface area contributed by atoms with Crippen LogP contribution in [0, 0.1) is 11.8 Å². The van der Waals surface area contributed by atoms with E-state index in [-0.39, 0.29) is 30.2 Å². The summed E-state index contributed by atoms with van der Waals surface area (Å²) >= 11 is 0. The summed E-state index contributed by atoms with van der Waals surface area (Å²) in [4.78, 5) is 0. The van der Waals surface area contributed by atoms with Crippen molar-refractivity contribution in [1.82, 2.24) is 4.57 Å². The Kier molecular flexibility index (Phi) is 4.27. The third-order valence-electron chi connectivity index (χ3n) is 6.51. The zero-order valence-electron chi connectivity index (χ0n) is 14.6. The van der Waals surface area contributed by atoms with Gasteiger partial charge in [0.1, 0.15) is 0 Å². The minimum absolute atomic E-state index is 0.135. The first-order valence-corrected chi connectivity index (χ1v) is 11.2. The number of aromatic nitrogens is 1. The van der Waals surface area contributed by atoms with Gasteiger partial charge in [0.2, 0.25) is 0 Å². The number of hydrogen-bond acceptors (Lipinski definition) is 5. The van der Waals surface area contributed by atoms with Crippen molar-refractivity contribution in [1.29, 1.82) is 0 Å². The lowest BCUT2D eigenvalue weighted by molar-refractivity contribution is 0.135. The summed E-state index contributed by atoms with van der Waals surface area (Å²) in [6.07, 6.45) is 8.38. The molecule has 4 rings (SSSR count). The van der Waals surface area contributed by atoms with Gasteiger partial charge in [0.25, 0.3) is 10.1 Å². The molecule has 2 saturated carbocycles. The lowest BCUT2D eigenvalue weighted by Crippen LogP contribution is -2.28. The van der Waals surface area contributed by atoms with Gasteiger partial charge in [-0.25, -0.2) is 0 Å². The predicted octanol–water partition coefficient (Wildman–Crippen LogP) is 3.05. The fourth-order valence-electron chi connectivity index (χ4n) is 5.31. The number of rotatable bonds is 5. The molecule has 0 radical (unpaired) electrons. The second-order valence-electron chi connectivity index (χ2n) is 8.09. The first-order chi connectivity index (χ1) is 11.8. The van der Waals surface area contributed by atoms with Gasteiger partial charge in [0.05, 0.1) is 12.9 Å². The highest BCUT2D eigenvalue weighted by atomic mass is 32.2. The van der Waals surface area contributed by atoms with Gasteiger partial charge in [0, 0.05) is 17.7 Å². The molecule has 2 fully saturated rings. The van der Waals surface area contributed by atoms with Crippen LogP contribution in [0.4, 0.5) is 0 Å². The third-order valence-corrected chi connectivity index (χ3v) is 7.08. The minimum Gasteiger partial charge on any atom is -0.494 e. The normalized spacial score (nSPS) is 31.4. The number of fused-ring (bicyclic) bond motifs is 5. The summed E-state index contributed by atoms with van der Waals surface area (Å²) in [7, 11) is -3.45. The number of aromatic hydroxyl groups is 2. The van der Waals surface area contributed by atoms with E-state index in [1.54, 1.807) is 4.57 Å². The highest BCUT2D eigenvalue weighted by molar-refractivity contribution is 7.85. The first-order valence-electron chi connectivity index (χ1n) is 9.33. The highest BCUT2D eigenvalue weighted by Crippen LogP contribution is 2.60. The molecule has 2 bridgehead atoms. The summed E-state index contributed by atoms with van der Waals surface area (Å²) < 4.78 is 29.3. The van der Waals surface area contributed by atoms with Crippen molar-refractivity contribution in [2.75, 3.05) is 12.9 Å². The molecule has 25 heavy (non-hydrogen) atoms. The molecule has 1 aromatic heterocycles. The maximum Gasteiger partial charge on any atom is 0.264 e. The Hall–Kier alpha value is -1.21. The lowest BCUT2D eigenvalue weighted by Gasteiger charge is -2.31. The summed E-state index contributed by atoms with van der Waals surface area (Å²) in [5.41, 5.74) is 1.93. The Labute approximate surface area is 148 Å². The van der Waals surface area contributed by atoms with Crippen LogP contribution in [-0.4, -0.2) is 36.1 Å². The molecule has 2 N–H and O–H groups in total. The van der Waals surface area contributed by atoms with Crippen molar-refractivity contribution in [3.63, 3.8) is 0 Å². The monoisotopic (exact) mass is 369 g/mol. The van der Waals surface area contributed by atoms with Gasteiger partial charge >= 0.3 is 0 Å². The van der Waals surface area contributed by atoms with Gasteiger partial charge < -0.3 is 10.2 Å². The molecule has 140 valence electrons. The van der Waals surface area contributed by atoms with Crippen LogP contribution in [0.2, 0.25) is 0 Å². The van der Waals surface area contributed by atoms with E-state index in [1.165, 1.54) is 0 Å². The molecule has 4 atom stereocenters. The van der Waals surface area contributed by atoms with Gasteiger partial charge in [0.15, 0.2) is 11.8 Å². The van der Waals surface area contributed by atoms with Gasteiger partial charge in [-0.15, -0.1) is 0 Å². The quantitative estimate of drug-likeness (QED) is 0.779. The van der Waals surface area contributed by atoms with E-state index < -0.39 is 10.1 Å². The summed E-state index contributed by atoms with van der Waals surface area (Å²) in [6.45, 7) is 0.721. The SMILES string of the molecule is CS(=O)(=O)OCC1CCCCC1Cn1c(O)c2c(c1O)C1CCC2C1. The van der Waals surface area contributed by atoms with Crippen molar-refractivity contribution in [2.45, 2.75) is 63.3 Å². The van der Waals surface area contributed by atoms with Crippen LogP contribution >= 0.6 is 0 Å². The second kappa shape index (κ2) is 6.20. The Balaban J connectivity index is 1.55. The van der Waals surface area contributed by atoms with Crippen molar-refractivity contribution in [2.24, 2.45) is 11.8 Å². The van der Waals surface area contributed by atoms with E-state index in [1.807, 2.05) is 0 Å². The predicted molar refractivity (Wildman–Crippen MR) is 93.3 cm³/mol. The molecular formula is C18H27NO5S. The molecule has 1 heterocycles. The number of nitrogens with zero attached hydrogens (tertiary/aromatic N) is 1. The molecule has 1 aromatic rings. The van der Waals surface area contributed by atoms with Gasteiger partial charge in [-0.1, -0.05) is 12.8 Å². The maximum atomic E-state index is 11.3. The molecular weight excluding hydrogens is 342 g/mol. The largest absolute Gasteiger partial charge is 0.494 e. The average Bonchev–Trinajstić information content (AvgIpc) is 3.23. The zero-order chi connectivity index (χ0) is 17.8. The third kappa shape index (κ3) is 3.05. The molecule has 0 aliphatic heterocycles. The molecule has 3 aliphatic rings. The smallest absolute Gasteiger partial charge is 0.264 e. The van der Waals surface area contributed by atoms with Gasteiger partial charge in [-0.05, 0) is 55.8 Å². The molecule has 0 amide bonds. The molecule has 3 aliphatic carbocycles. The fourth-order valence-corrected chi connectivity index (χ4v) is 5.73. The van der Waals surface area contributed by atoms with Crippen molar-refractivity contribution < 1.29 is 22.8 Å². The topological polar surface area (TPSA) is 88.8 Å². The summed E-state index contributed by atoms with van der Waals surface area (Å²) in [5, 5.41) is 21.4. The molecule has 0 aromatic carbocycles. The molecule has 0 saturated heterocycles. The Morgan fingerprint density at radius 1 is 1.00 bits per heavy atom. The minimum atomic E-state index is -3.45. The van der Waals surface area contributed by atoms with Crippen LogP contribution in [0.25, 0.3) is 0 Å². The van der Waals surface area contributed by atoms with Gasteiger partial charge in [-0.3, -0.25) is 8.75 Å². The zero-order valence-corrected chi connectivity index (χ0v) is 15.5. The summed E-state index contributed by atoms with van der Waals surface area (Å²) in [5.74, 6) is 1.58. The van der Waals surface area contributed by atoms with E-state index in [4.69, 9.17) is 4.18 Å².